The summed E-state index contributed by atoms with van der Waals surface area (Å²) in [4.78, 5) is 0. The maximum atomic E-state index is 5.84. The Kier molecular flexibility index (Phi) is 8.30. The SMILES string of the molecule is CCC[CH2][Sn]([CH2]CCC)([CH2]CCC)[c]1nnc(N)s1. The molecule has 0 aliphatic carbocycles. The normalized spacial score (nSPS) is 11.9. The molecule has 1 aromatic rings. The van der Waals surface area contributed by atoms with Crippen LogP contribution in [-0.2, 0) is 0 Å². The van der Waals surface area contributed by atoms with Gasteiger partial charge in [0.2, 0.25) is 0 Å². The molecule has 3 nitrogen and oxygen atoms in total. The first kappa shape index (κ1) is 17.2. The molecule has 0 amide bonds. The molecule has 0 bridgehead atoms. The van der Waals surface area contributed by atoms with Gasteiger partial charge in [-0.2, -0.15) is 0 Å². The van der Waals surface area contributed by atoms with Crippen molar-refractivity contribution in [3.8, 4) is 0 Å². The minimum absolute atomic E-state index is 0.667. The van der Waals surface area contributed by atoms with Crippen LogP contribution in [0.15, 0.2) is 0 Å². The summed E-state index contributed by atoms with van der Waals surface area (Å²) in [6.07, 6.45) is 7.98. The Morgan fingerprint density at radius 3 is 1.68 bits per heavy atom. The van der Waals surface area contributed by atoms with Gasteiger partial charge >= 0.3 is 126 Å². The zero-order valence-electron chi connectivity index (χ0n) is 12.7. The van der Waals surface area contributed by atoms with Gasteiger partial charge in [0.1, 0.15) is 0 Å². The van der Waals surface area contributed by atoms with Crippen LogP contribution in [0.25, 0.3) is 0 Å². The fraction of sp³-hybridized carbons (Fsp3) is 0.857. The molecular weight excluding hydrogens is 361 g/mol. The maximum absolute atomic E-state index is 5.84. The molecule has 1 heterocycles. The van der Waals surface area contributed by atoms with E-state index in [9.17, 15) is 0 Å². The molecule has 0 atom stereocenters. The molecule has 5 heteroatoms. The number of nitrogen functional groups attached to an aromatic ring is 1. The van der Waals surface area contributed by atoms with Gasteiger partial charge in [0, 0.05) is 0 Å². The number of rotatable bonds is 10. The number of unbranched alkanes of at least 4 members (excludes halogenated alkanes) is 3. The third-order valence-electron chi connectivity index (χ3n) is 3.92. The molecule has 0 radical (unpaired) electrons. The van der Waals surface area contributed by atoms with Crippen LogP contribution in [0.1, 0.15) is 59.3 Å². The third-order valence-corrected chi connectivity index (χ3v) is 22.4. The minimum atomic E-state index is -2.31. The summed E-state index contributed by atoms with van der Waals surface area (Å²) in [5.74, 6) is 0. The Morgan fingerprint density at radius 2 is 1.37 bits per heavy atom. The van der Waals surface area contributed by atoms with Gasteiger partial charge in [-0.25, -0.2) is 0 Å². The molecule has 0 aromatic carbocycles. The summed E-state index contributed by atoms with van der Waals surface area (Å²) >= 11 is -0.615. The van der Waals surface area contributed by atoms with E-state index >= 15 is 0 Å². The molecule has 0 unspecified atom stereocenters. The van der Waals surface area contributed by atoms with Crippen molar-refractivity contribution in [2.75, 3.05) is 5.73 Å². The zero-order chi connectivity index (χ0) is 14.1. The quantitative estimate of drug-likeness (QED) is 0.610. The first-order valence-electron chi connectivity index (χ1n) is 7.78. The topological polar surface area (TPSA) is 51.8 Å². The van der Waals surface area contributed by atoms with E-state index in [0.29, 0.717) is 5.13 Å². The van der Waals surface area contributed by atoms with E-state index in [-0.39, 0.29) is 0 Å². The van der Waals surface area contributed by atoms with Crippen LogP contribution >= 0.6 is 11.3 Å². The van der Waals surface area contributed by atoms with Crippen molar-refractivity contribution in [2.45, 2.75) is 72.6 Å². The van der Waals surface area contributed by atoms with Crippen molar-refractivity contribution in [2.24, 2.45) is 0 Å². The third kappa shape index (κ3) is 5.21. The first-order valence-corrected chi connectivity index (χ1v) is 16.1. The van der Waals surface area contributed by atoms with Crippen LogP contribution in [0.3, 0.4) is 0 Å². The molecular formula is C14H29N3SSn. The Hall–Kier alpha value is 0.159. The Morgan fingerprint density at radius 1 is 0.895 bits per heavy atom. The van der Waals surface area contributed by atoms with E-state index < -0.39 is 18.4 Å². The Labute approximate surface area is 126 Å². The average Bonchev–Trinajstić information content (AvgIpc) is 2.85. The number of nitrogens with zero attached hydrogens (tertiary/aromatic N) is 2. The molecule has 0 aliphatic heterocycles. The van der Waals surface area contributed by atoms with Gasteiger partial charge in [0.05, 0.1) is 0 Å². The van der Waals surface area contributed by atoms with Crippen molar-refractivity contribution in [3.63, 3.8) is 0 Å². The second kappa shape index (κ2) is 9.16. The summed E-state index contributed by atoms with van der Waals surface area (Å²) in [5, 5.41) is 9.26. The van der Waals surface area contributed by atoms with Crippen molar-refractivity contribution in [1.29, 1.82) is 0 Å². The van der Waals surface area contributed by atoms with Crippen LogP contribution in [0.5, 0.6) is 0 Å². The second-order valence-electron chi connectivity index (χ2n) is 5.54. The average molecular weight is 390 g/mol. The van der Waals surface area contributed by atoms with E-state index in [1.54, 1.807) is 11.3 Å². The van der Waals surface area contributed by atoms with Crippen LogP contribution in [0.4, 0.5) is 5.13 Å². The van der Waals surface area contributed by atoms with Crippen LogP contribution in [-0.4, -0.2) is 28.6 Å². The van der Waals surface area contributed by atoms with Gasteiger partial charge in [-0.3, -0.25) is 0 Å². The molecule has 0 aliphatic rings. The number of hydrogen-bond donors (Lipinski definition) is 1. The number of nitrogens with two attached hydrogens (primary N) is 1. The van der Waals surface area contributed by atoms with Gasteiger partial charge in [-0.05, 0) is 0 Å². The predicted molar refractivity (Wildman–Crippen MR) is 88.9 cm³/mol. The van der Waals surface area contributed by atoms with E-state index in [1.165, 1.54) is 54.9 Å². The molecule has 1 aromatic heterocycles. The van der Waals surface area contributed by atoms with Crippen LogP contribution in [0, 0.1) is 0 Å². The van der Waals surface area contributed by atoms with Crippen LogP contribution < -0.4 is 8.76 Å². The van der Waals surface area contributed by atoms with Gasteiger partial charge in [-0.1, -0.05) is 0 Å². The van der Waals surface area contributed by atoms with E-state index in [4.69, 9.17) is 5.73 Å². The molecule has 110 valence electrons. The Bertz CT molecular complexity index is 332. The monoisotopic (exact) mass is 391 g/mol. The van der Waals surface area contributed by atoms with Crippen molar-refractivity contribution in [3.05, 3.63) is 0 Å². The summed E-state index contributed by atoms with van der Waals surface area (Å²) in [6.45, 7) is 6.89. The summed E-state index contributed by atoms with van der Waals surface area (Å²) in [6, 6.07) is 0. The van der Waals surface area contributed by atoms with Crippen molar-refractivity contribution in [1.82, 2.24) is 10.2 Å². The first-order chi connectivity index (χ1) is 9.18. The van der Waals surface area contributed by atoms with Gasteiger partial charge < -0.3 is 0 Å². The molecule has 2 N–H and O–H groups in total. The van der Waals surface area contributed by atoms with Gasteiger partial charge in [0.15, 0.2) is 0 Å². The van der Waals surface area contributed by atoms with Crippen molar-refractivity contribution >= 4 is 37.9 Å². The molecule has 0 fully saturated rings. The summed E-state index contributed by atoms with van der Waals surface area (Å²) < 4.78 is 5.72. The van der Waals surface area contributed by atoms with Crippen molar-refractivity contribution < 1.29 is 0 Å². The fourth-order valence-corrected chi connectivity index (χ4v) is 21.6. The fourth-order valence-electron chi connectivity index (χ4n) is 2.69. The standard InChI is InChI=1S/3C4H9.C2H2N3S.Sn/c3*1-3-4-2;3-2-5-4-1-6-2;/h3*1,3-4H2,2H3;(H2,3,5);. The van der Waals surface area contributed by atoms with E-state index in [2.05, 4.69) is 31.0 Å². The number of anilines is 1. The van der Waals surface area contributed by atoms with Gasteiger partial charge in [0.25, 0.3) is 0 Å². The molecule has 0 saturated heterocycles. The molecule has 0 spiro atoms. The Balaban J connectivity index is 2.93. The summed E-state index contributed by atoms with van der Waals surface area (Å²) in [7, 11) is 0. The van der Waals surface area contributed by atoms with E-state index in [0.717, 1.165) is 0 Å². The zero-order valence-corrected chi connectivity index (χ0v) is 16.4. The van der Waals surface area contributed by atoms with Gasteiger partial charge in [-0.15, -0.1) is 0 Å². The van der Waals surface area contributed by atoms with E-state index in [1.807, 2.05) is 0 Å². The molecule has 0 saturated carbocycles. The molecule has 1 rings (SSSR count). The van der Waals surface area contributed by atoms with Crippen LogP contribution in [0.2, 0.25) is 13.3 Å². The predicted octanol–water partition coefficient (Wildman–Crippen LogP) is 4.18. The number of aromatic nitrogens is 2. The molecule has 19 heavy (non-hydrogen) atoms. The summed E-state index contributed by atoms with van der Waals surface area (Å²) in [5.41, 5.74) is 5.84. The second-order valence-corrected chi connectivity index (χ2v) is 20.5. The number of hydrogen-bond acceptors (Lipinski definition) is 4.